The zero-order chi connectivity index (χ0) is 20.2. The van der Waals surface area contributed by atoms with Crippen LogP contribution < -0.4 is 10.2 Å². The van der Waals surface area contributed by atoms with Crippen molar-refractivity contribution in [2.75, 3.05) is 23.4 Å². The fraction of sp³-hybridized carbons (Fsp3) is 0.182. The van der Waals surface area contributed by atoms with E-state index >= 15 is 0 Å². The SMILES string of the molecule is CCOC(=O)c1ccc(-c2cnc3c(c2)N(Cc2ccccc2)C(=O)CN3)cn1. The van der Waals surface area contributed by atoms with E-state index in [1.54, 1.807) is 36.4 Å². The molecular formula is C22H20N4O3. The maximum absolute atomic E-state index is 12.6. The third-order valence-corrected chi connectivity index (χ3v) is 4.63. The third-order valence-electron chi connectivity index (χ3n) is 4.63. The van der Waals surface area contributed by atoms with Gasteiger partial charge in [0.2, 0.25) is 5.91 Å². The molecule has 1 aliphatic heterocycles. The number of ether oxygens (including phenoxy) is 1. The molecule has 3 heterocycles. The van der Waals surface area contributed by atoms with Crippen LogP contribution in [0.25, 0.3) is 11.1 Å². The van der Waals surface area contributed by atoms with Crippen LogP contribution in [0, 0.1) is 0 Å². The van der Waals surface area contributed by atoms with Gasteiger partial charge >= 0.3 is 5.97 Å². The second-order valence-electron chi connectivity index (χ2n) is 6.56. The van der Waals surface area contributed by atoms with E-state index in [9.17, 15) is 9.59 Å². The van der Waals surface area contributed by atoms with Crippen LogP contribution in [0.4, 0.5) is 11.5 Å². The Labute approximate surface area is 168 Å². The number of benzene rings is 1. The Kier molecular flexibility index (Phi) is 5.20. The summed E-state index contributed by atoms with van der Waals surface area (Å²) in [5, 5.41) is 3.07. The molecule has 0 spiro atoms. The molecule has 0 atom stereocenters. The van der Waals surface area contributed by atoms with E-state index in [0.29, 0.717) is 19.0 Å². The van der Waals surface area contributed by atoms with Crippen LogP contribution in [-0.4, -0.2) is 35.0 Å². The van der Waals surface area contributed by atoms with E-state index in [1.807, 2.05) is 36.4 Å². The highest BCUT2D eigenvalue weighted by atomic mass is 16.5. The van der Waals surface area contributed by atoms with Crippen molar-refractivity contribution in [1.29, 1.82) is 0 Å². The lowest BCUT2D eigenvalue weighted by atomic mass is 10.1. The summed E-state index contributed by atoms with van der Waals surface area (Å²) in [4.78, 5) is 34.8. The van der Waals surface area contributed by atoms with E-state index in [1.165, 1.54) is 0 Å². The highest BCUT2D eigenvalue weighted by Gasteiger charge is 2.25. The smallest absolute Gasteiger partial charge is 0.356 e. The summed E-state index contributed by atoms with van der Waals surface area (Å²) in [5.41, 5.74) is 3.62. The Hall–Kier alpha value is -3.74. The predicted molar refractivity (Wildman–Crippen MR) is 110 cm³/mol. The monoisotopic (exact) mass is 388 g/mol. The molecule has 0 fully saturated rings. The van der Waals surface area contributed by atoms with E-state index in [-0.39, 0.29) is 18.1 Å². The number of carbonyl (C=O) groups excluding carboxylic acids is 2. The van der Waals surface area contributed by atoms with Crippen LogP contribution >= 0.6 is 0 Å². The van der Waals surface area contributed by atoms with Crippen molar-refractivity contribution in [2.45, 2.75) is 13.5 Å². The number of fused-ring (bicyclic) bond motifs is 1. The maximum atomic E-state index is 12.6. The Balaban J connectivity index is 1.64. The van der Waals surface area contributed by atoms with Gasteiger partial charge in [0.15, 0.2) is 5.82 Å². The van der Waals surface area contributed by atoms with Crippen molar-refractivity contribution in [3.8, 4) is 11.1 Å². The summed E-state index contributed by atoms with van der Waals surface area (Å²) in [6.45, 7) is 2.73. The molecule has 29 heavy (non-hydrogen) atoms. The van der Waals surface area contributed by atoms with Crippen molar-refractivity contribution >= 4 is 23.4 Å². The molecule has 2 aromatic heterocycles. The first-order valence-corrected chi connectivity index (χ1v) is 9.37. The summed E-state index contributed by atoms with van der Waals surface area (Å²) < 4.78 is 4.96. The first-order chi connectivity index (χ1) is 14.2. The van der Waals surface area contributed by atoms with Crippen LogP contribution in [0.1, 0.15) is 23.0 Å². The van der Waals surface area contributed by atoms with Crippen LogP contribution in [0.15, 0.2) is 60.9 Å². The summed E-state index contributed by atoms with van der Waals surface area (Å²) in [5.74, 6) is 0.197. The number of carbonyl (C=O) groups is 2. The number of hydrogen-bond acceptors (Lipinski definition) is 6. The van der Waals surface area contributed by atoms with Crippen molar-refractivity contribution in [1.82, 2.24) is 9.97 Å². The third kappa shape index (κ3) is 3.94. The number of nitrogens with one attached hydrogen (secondary N) is 1. The number of rotatable bonds is 5. The Morgan fingerprint density at radius 3 is 2.62 bits per heavy atom. The van der Waals surface area contributed by atoms with Crippen LogP contribution in [0.3, 0.4) is 0 Å². The molecular weight excluding hydrogens is 368 g/mol. The van der Waals surface area contributed by atoms with Crippen LogP contribution in [0.2, 0.25) is 0 Å². The number of esters is 1. The second-order valence-corrected chi connectivity index (χ2v) is 6.56. The van der Waals surface area contributed by atoms with Gasteiger partial charge in [-0.3, -0.25) is 4.79 Å². The first-order valence-electron chi connectivity index (χ1n) is 9.37. The maximum Gasteiger partial charge on any atom is 0.356 e. The number of aromatic nitrogens is 2. The van der Waals surface area contributed by atoms with Gasteiger partial charge < -0.3 is 15.0 Å². The molecule has 4 rings (SSSR count). The van der Waals surface area contributed by atoms with Gasteiger partial charge in [0, 0.05) is 23.5 Å². The quantitative estimate of drug-likeness (QED) is 0.676. The Morgan fingerprint density at radius 2 is 1.90 bits per heavy atom. The van der Waals surface area contributed by atoms with Gasteiger partial charge in [-0.25, -0.2) is 14.8 Å². The van der Waals surface area contributed by atoms with E-state index < -0.39 is 5.97 Å². The molecule has 0 radical (unpaired) electrons. The van der Waals surface area contributed by atoms with E-state index in [0.717, 1.165) is 22.4 Å². The standard InChI is InChI=1S/C22H20N4O3/c1-2-29-22(28)18-9-8-16(11-23-18)17-10-19-21(24-12-17)25-13-20(27)26(19)14-15-6-4-3-5-7-15/h3-12H,2,13-14H2,1H3,(H,24,25). The minimum atomic E-state index is -0.452. The fourth-order valence-corrected chi connectivity index (χ4v) is 3.17. The van der Waals surface area contributed by atoms with E-state index in [4.69, 9.17) is 4.74 Å². The Morgan fingerprint density at radius 1 is 1.10 bits per heavy atom. The van der Waals surface area contributed by atoms with Crippen molar-refractivity contribution in [2.24, 2.45) is 0 Å². The van der Waals surface area contributed by atoms with Gasteiger partial charge in [0.1, 0.15) is 5.69 Å². The van der Waals surface area contributed by atoms with Gasteiger partial charge in [0.05, 0.1) is 25.4 Å². The molecule has 3 aromatic rings. The fourth-order valence-electron chi connectivity index (χ4n) is 3.17. The molecule has 0 saturated carbocycles. The molecule has 0 saturated heterocycles. The average Bonchev–Trinajstić information content (AvgIpc) is 2.76. The molecule has 7 heteroatoms. The molecule has 1 amide bonds. The van der Waals surface area contributed by atoms with Gasteiger partial charge in [-0.2, -0.15) is 0 Å². The Bertz CT molecular complexity index is 1040. The predicted octanol–water partition coefficient (Wildman–Crippen LogP) is 3.28. The van der Waals surface area contributed by atoms with Gasteiger partial charge in [0.25, 0.3) is 0 Å². The molecule has 1 aliphatic rings. The lowest BCUT2D eigenvalue weighted by Crippen LogP contribution is -2.39. The largest absolute Gasteiger partial charge is 0.461 e. The zero-order valence-electron chi connectivity index (χ0n) is 16.0. The molecule has 0 bridgehead atoms. The molecule has 1 aromatic carbocycles. The highest BCUT2D eigenvalue weighted by molar-refractivity contribution is 6.02. The number of amides is 1. The molecule has 7 nitrogen and oxygen atoms in total. The van der Waals surface area contributed by atoms with E-state index in [2.05, 4.69) is 15.3 Å². The first kappa shape index (κ1) is 18.6. The van der Waals surface area contributed by atoms with Gasteiger partial charge in [-0.15, -0.1) is 0 Å². The minimum absolute atomic E-state index is 0.0175. The molecule has 0 unspecified atom stereocenters. The normalized spacial score (nSPS) is 12.9. The zero-order valence-corrected chi connectivity index (χ0v) is 16.0. The average molecular weight is 388 g/mol. The minimum Gasteiger partial charge on any atom is -0.461 e. The molecule has 0 aliphatic carbocycles. The second kappa shape index (κ2) is 8.10. The number of nitrogens with zero attached hydrogens (tertiary/aromatic N) is 3. The van der Waals surface area contributed by atoms with Crippen LogP contribution in [0.5, 0.6) is 0 Å². The lowest BCUT2D eigenvalue weighted by Gasteiger charge is -2.30. The van der Waals surface area contributed by atoms with Gasteiger partial charge in [-0.05, 0) is 24.6 Å². The summed E-state index contributed by atoms with van der Waals surface area (Å²) in [7, 11) is 0. The number of hydrogen-bond donors (Lipinski definition) is 1. The summed E-state index contributed by atoms with van der Waals surface area (Å²) in [6, 6.07) is 15.2. The number of pyridine rings is 2. The molecule has 146 valence electrons. The highest BCUT2D eigenvalue weighted by Crippen LogP contribution is 2.33. The van der Waals surface area contributed by atoms with Gasteiger partial charge in [-0.1, -0.05) is 36.4 Å². The summed E-state index contributed by atoms with van der Waals surface area (Å²) >= 11 is 0. The van der Waals surface area contributed by atoms with Crippen molar-refractivity contribution in [3.05, 3.63) is 72.2 Å². The van der Waals surface area contributed by atoms with Crippen LogP contribution in [-0.2, 0) is 16.1 Å². The van der Waals surface area contributed by atoms with Crippen molar-refractivity contribution < 1.29 is 14.3 Å². The lowest BCUT2D eigenvalue weighted by molar-refractivity contribution is -0.117. The molecule has 1 N–H and O–H groups in total. The van der Waals surface area contributed by atoms with Crippen molar-refractivity contribution in [3.63, 3.8) is 0 Å². The summed E-state index contributed by atoms with van der Waals surface area (Å²) in [6.07, 6.45) is 3.33. The number of anilines is 2. The topological polar surface area (TPSA) is 84.4 Å².